The summed E-state index contributed by atoms with van der Waals surface area (Å²) in [5.41, 5.74) is 7.42. The number of hydrogen-bond donors (Lipinski definition) is 2. The number of urea groups is 1. The van der Waals surface area contributed by atoms with Crippen LogP contribution < -0.4 is 15.8 Å². The van der Waals surface area contributed by atoms with Crippen molar-refractivity contribution in [1.82, 2.24) is 14.7 Å². The van der Waals surface area contributed by atoms with Crippen molar-refractivity contribution in [3.05, 3.63) is 41.7 Å². The van der Waals surface area contributed by atoms with Crippen LogP contribution in [0, 0.1) is 0 Å². The average Bonchev–Trinajstić information content (AvgIpc) is 3.08. The van der Waals surface area contributed by atoms with E-state index < -0.39 is 5.91 Å². The minimum atomic E-state index is -0.538. The summed E-state index contributed by atoms with van der Waals surface area (Å²) in [7, 11) is 1.94. The van der Waals surface area contributed by atoms with E-state index in [1.807, 2.05) is 31.6 Å². The average molecular weight is 385 g/mol. The minimum Gasteiger partial charge on any atom is -0.489 e. The van der Waals surface area contributed by atoms with Crippen LogP contribution in [0.3, 0.4) is 0 Å². The molecule has 0 unspecified atom stereocenters. The molecule has 1 aliphatic rings. The third-order valence-corrected chi connectivity index (χ3v) is 4.93. The summed E-state index contributed by atoms with van der Waals surface area (Å²) < 4.78 is 7.65. The predicted octanol–water partition coefficient (Wildman–Crippen LogP) is 2.72. The summed E-state index contributed by atoms with van der Waals surface area (Å²) in [6.45, 7) is 5.10. The first-order chi connectivity index (χ1) is 13.3. The van der Waals surface area contributed by atoms with Gasteiger partial charge < -0.3 is 20.7 Å². The molecule has 1 aliphatic heterocycles. The van der Waals surface area contributed by atoms with Crippen LogP contribution in [0.15, 0.2) is 30.5 Å². The number of carbonyl (C=O) groups is 2. The zero-order chi connectivity index (χ0) is 20.3. The van der Waals surface area contributed by atoms with Crippen LogP contribution in [0.25, 0.3) is 0 Å². The summed E-state index contributed by atoms with van der Waals surface area (Å²) >= 11 is 0. The van der Waals surface area contributed by atoms with Crippen molar-refractivity contribution >= 4 is 17.6 Å². The Morgan fingerprint density at radius 2 is 1.96 bits per heavy atom. The van der Waals surface area contributed by atoms with Gasteiger partial charge in [-0.1, -0.05) is 0 Å². The number of aromatic nitrogens is 2. The molecule has 1 aromatic carbocycles. The number of nitrogens with one attached hydrogen (secondary N) is 1. The topological polar surface area (TPSA) is 102 Å². The maximum Gasteiger partial charge on any atom is 0.321 e. The number of carbonyl (C=O) groups excluding carboxylic acids is 2. The lowest BCUT2D eigenvalue weighted by atomic mass is 9.93. The number of aryl methyl sites for hydroxylation is 1. The van der Waals surface area contributed by atoms with E-state index in [-0.39, 0.29) is 12.1 Å². The van der Waals surface area contributed by atoms with Crippen LogP contribution in [0.1, 0.15) is 48.7 Å². The number of hydrogen-bond acceptors (Lipinski definition) is 4. The summed E-state index contributed by atoms with van der Waals surface area (Å²) in [5.74, 6) is 0.305. The van der Waals surface area contributed by atoms with E-state index in [1.54, 1.807) is 29.3 Å². The fraction of sp³-hybridized carbons (Fsp3) is 0.450. The van der Waals surface area contributed by atoms with E-state index in [1.165, 1.54) is 5.69 Å². The van der Waals surface area contributed by atoms with E-state index in [9.17, 15) is 9.59 Å². The molecule has 3 N–H and O–H groups in total. The highest BCUT2D eigenvalue weighted by Crippen LogP contribution is 2.30. The molecular formula is C20H27N5O3. The lowest BCUT2D eigenvalue weighted by molar-refractivity contribution is 0.0999. The smallest absolute Gasteiger partial charge is 0.321 e. The fourth-order valence-corrected chi connectivity index (χ4v) is 3.49. The van der Waals surface area contributed by atoms with Crippen molar-refractivity contribution < 1.29 is 14.3 Å². The molecule has 3 rings (SSSR count). The second-order valence-electron chi connectivity index (χ2n) is 7.31. The number of nitrogens with zero attached hydrogens (tertiary/aromatic N) is 3. The van der Waals surface area contributed by atoms with Crippen LogP contribution in [0.2, 0.25) is 0 Å². The molecular weight excluding hydrogens is 358 g/mol. The Kier molecular flexibility index (Phi) is 5.87. The Morgan fingerprint density at radius 1 is 1.25 bits per heavy atom. The highest BCUT2D eigenvalue weighted by atomic mass is 16.5. The standard InChI is InChI=1S/C20H27N5O3/c1-13(2)28-18-12-15(19(21)26)4-5-16(18)23-20(27)25-10-7-14(8-11-25)17-6-9-22-24(17)3/h4-6,9,12-14H,7-8,10-11H2,1-3H3,(H2,21,26)(H,23,27). The van der Waals surface area contributed by atoms with Crippen LogP contribution in [0.5, 0.6) is 5.75 Å². The van der Waals surface area contributed by atoms with Gasteiger partial charge in [-0.05, 0) is 51.0 Å². The summed E-state index contributed by atoms with van der Waals surface area (Å²) in [4.78, 5) is 26.0. The number of amides is 3. The molecule has 0 atom stereocenters. The first-order valence-corrected chi connectivity index (χ1v) is 9.49. The van der Waals surface area contributed by atoms with Crippen molar-refractivity contribution in [3.63, 3.8) is 0 Å². The molecule has 0 spiro atoms. The van der Waals surface area contributed by atoms with Crippen LogP contribution in [0.4, 0.5) is 10.5 Å². The van der Waals surface area contributed by atoms with Crippen molar-refractivity contribution in [3.8, 4) is 5.75 Å². The van der Waals surface area contributed by atoms with E-state index in [0.29, 0.717) is 36.0 Å². The molecule has 1 fully saturated rings. The lowest BCUT2D eigenvalue weighted by Gasteiger charge is -2.32. The quantitative estimate of drug-likeness (QED) is 0.826. The van der Waals surface area contributed by atoms with E-state index in [2.05, 4.69) is 10.4 Å². The Bertz CT molecular complexity index is 853. The van der Waals surface area contributed by atoms with Gasteiger partial charge in [0.15, 0.2) is 0 Å². The molecule has 8 heteroatoms. The lowest BCUT2D eigenvalue weighted by Crippen LogP contribution is -2.40. The predicted molar refractivity (Wildman–Crippen MR) is 106 cm³/mol. The molecule has 0 bridgehead atoms. The van der Waals surface area contributed by atoms with E-state index in [4.69, 9.17) is 10.5 Å². The number of piperidine rings is 1. The van der Waals surface area contributed by atoms with Gasteiger partial charge in [-0.3, -0.25) is 9.48 Å². The molecule has 2 aromatic rings. The molecule has 0 aliphatic carbocycles. The minimum absolute atomic E-state index is 0.103. The normalized spacial score (nSPS) is 14.9. The molecule has 1 aromatic heterocycles. The molecule has 28 heavy (non-hydrogen) atoms. The van der Waals surface area contributed by atoms with Gasteiger partial charge in [0.05, 0.1) is 11.8 Å². The van der Waals surface area contributed by atoms with Crippen molar-refractivity contribution in [2.45, 2.75) is 38.7 Å². The monoisotopic (exact) mass is 385 g/mol. The fourth-order valence-electron chi connectivity index (χ4n) is 3.49. The zero-order valence-electron chi connectivity index (χ0n) is 16.5. The number of primary amides is 1. The third-order valence-electron chi connectivity index (χ3n) is 4.93. The largest absolute Gasteiger partial charge is 0.489 e. The van der Waals surface area contributed by atoms with Gasteiger partial charge >= 0.3 is 6.03 Å². The maximum atomic E-state index is 12.7. The third kappa shape index (κ3) is 4.44. The Hall–Kier alpha value is -3.03. The molecule has 0 saturated carbocycles. The van der Waals surface area contributed by atoms with Gasteiger partial charge in [0.25, 0.3) is 0 Å². The second kappa shape index (κ2) is 8.33. The van der Waals surface area contributed by atoms with Crippen molar-refractivity contribution in [2.75, 3.05) is 18.4 Å². The highest BCUT2D eigenvalue weighted by molar-refractivity contribution is 5.96. The maximum absolute atomic E-state index is 12.7. The number of ether oxygens (including phenoxy) is 1. The van der Waals surface area contributed by atoms with Crippen LogP contribution >= 0.6 is 0 Å². The molecule has 8 nitrogen and oxygen atoms in total. The number of likely N-dealkylation sites (tertiary alicyclic amines) is 1. The Balaban J connectivity index is 1.66. The first kappa shape index (κ1) is 19.7. The molecule has 0 radical (unpaired) electrons. The SMILES string of the molecule is CC(C)Oc1cc(C(N)=O)ccc1NC(=O)N1CCC(c2ccnn2C)CC1. The Morgan fingerprint density at radius 3 is 2.54 bits per heavy atom. The summed E-state index contributed by atoms with van der Waals surface area (Å²) in [6, 6.07) is 6.66. The molecule has 150 valence electrons. The number of anilines is 1. The van der Waals surface area contributed by atoms with Gasteiger partial charge in [-0.2, -0.15) is 5.10 Å². The van der Waals surface area contributed by atoms with E-state index in [0.717, 1.165) is 12.8 Å². The number of rotatable bonds is 5. The summed E-state index contributed by atoms with van der Waals surface area (Å²) in [5, 5.41) is 7.14. The van der Waals surface area contributed by atoms with Gasteiger partial charge in [0.2, 0.25) is 5.91 Å². The van der Waals surface area contributed by atoms with Crippen LogP contribution in [-0.4, -0.2) is 45.8 Å². The molecule has 2 heterocycles. The molecule has 3 amide bonds. The highest BCUT2D eigenvalue weighted by Gasteiger charge is 2.26. The van der Waals surface area contributed by atoms with Gasteiger partial charge in [0, 0.05) is 43.5 Å². The second-order valence-corrected chi connectivity index (χ2v) is 7.31. The Labute approximate surface area is 164 Å². The van der Waals surface area contributed by atoms with Gasteiger partial charge in [-0.25, -0.2) is 4.79 Å². The van der Waals surface area contributed by atoms with Crippen molar-refractivity contribution in [1.29, 1.82) is 0 Å². The van der Waals surface area contributed by atoms with Crippen molar-refractivity contribution in [2.24, 2.45) is 12.8 Å². The first-order valence-electron chi connectivity index (χ1n) is 9.49. The molecule has 1 saturated heterocycles. The van der Waals surface area contributed by atoms with E-state index >= 15 is 0 Å². The van der Waals surface area contributed by atoms with Gasteiger partial charge in [0.1, 0.15) is 5.75 Å². The van der Waals surface area contributed by atoms with Gasteiger partial charge in [-0.15, -0.1) is 0 Å². The van der Waals surface area contributed by atoms with Crippen LogP contribution in [-0.2, 0) is 7.05 Å². The number of benzene rings is 1. The summed E-state index contributed by atoms with van der Waals surface area (Å²) in [6.07, 6.45) is 3.49. The number of nitrogens with two attached hydrogens (primary N) is 1. The zero-order valence-corrected chi connectivity index (χ0v) is 16.5.